The number of amidine groups is 1. The van der Waals surface area contributed by atoms with Gasteiger partial charge < -0.3 is 10.5 Å². The second kappa shape index (κ2) is 8.64. The van der Waals surface area contributed by atoms with Crippen molar-refractivity contribution >= 4 is 40.0 Å². The van der Waals surface area contributed by atoms with Crippen molar-refractivity contribution in [3.8, 4) is 0 Å². The molecule has 0 aliphatic carbocycles. The Balaban J connectivity index is 0.00000320. The van der Waals surface area contributed by atoms with Crippen LogP contribution >= 0.6 is 28.3 Å². The summed E-state index contributed by atoms with van der Waals surface area (Å²) in [5.74, 6) is -0.799. The first-order valence-corrected chi connectivity index (χ1v) is 9.54. The normalized spacial score (nSPS) is 24.0. The molecule has 10 heteroatoms. The molecule has 0 saturated carbocycles. The van der Waals surface area contributed by atoms with E-state index in [0.29, 0.717) is 16.8 Å². The lowest BCUT2D eigenvalue weighted by Gasteiger charge is -2.41. The van der Waals surface area contributed by atoms with Crippen LogP contribution in [0.5, 0.6) is 0 Å². The number of ether oxygens (including phenoxy) is 1. The third kappa shape index (κ3) is 4.68. The van der Waals surface area contributed by atoms with Gasteiger partial charge in [0, 0.05) is 17.1 Å². The van der Waals surface area contributed by atoms with Crippen molar-refractivity contribution in [2.45, 2.75) is 37.6 Å². The largest absolute Gasteiger partial charge is 0.424 e. The Labute approximate surface area is 186 Å². The van der Waals surface area contributed by atoms with Gasteiger partial charge in [0.1, 0.15) is 17.1 Å². The van der Waals surface area contributed by atoms with Crippen LogP contribution in [0.25, 0.3) is 0 Å². The first-order valence-electron chi connectivity index (χ1n) is 8.75. The molecule has 5 nitrogen and oxygen atoms in total. The molecule has 0 radical (unpaired) electrons. The molecule has 0 amide bonds. The van der Waals surface area contributed by atoms with Crippen LogP contribution in [0, 0.1) is 0 Å². The van der Waals surface area contributed by atoms with Gasteiger partial charge in [-0.1, -0.05) is 24.3 Å². The van der Waals surface area contributed by atoms with Crippen molar-refractivity contribution in [1.82, 2.24) is 4.98 Å². The Kier molecular flexibility index (Phi) is 7.00. The molecule has 0 spiro atoms. The van der Waals surface area contributed by atoms with Crippen LogP contribution in [0.1, 0.15) is 35.5 Å². The molecule has 0 saturated heterocycles. The van der Waals surface area contributed by atoms with E-state index < -0.39 is 23.2 Å². The van der Waals surface area contributed by atoms with Crippen LogP contribution in [0.15, 0.2) is 52.1 Å². The number of alkyl halides is 3. The van der Waals surface area contributed by atoms with Crippen LogP contribution in [0.3, 0.4) is 0 Å². The average Bonchev–Trinajstić information content (AvgIpc) is 2.65. The number of hydrogen-bond acceptors (Lipinski definition) is 5. The van der Waals surface area contributed by atoms with Crippen molar-refractivity contribution in [1.29, 1.82) is 0 Å². The Bertz CT molecular complexity index is 969. The van der Waals surface area contributed by atoms with Gasteiger partial charge in [-0.3, -0.25) is 14.8 Å². The highest BCUT2D eigenvalue weighted by molar-refractivity contribution is 9.10. The highest BCUT2D eigenvalue weighted by Gasteiger charge is 2.58. The van der Waals surface area contributed by atoms with Gasteiger partial charge in [0.05, 0.1) is 6.61 Å². The molecular weight excluding hydrogens is 487 g/mol. The summed E-state index contributed by atoms with van der Waals surface area (Å²) >= 11 is 3.27. The molecule has 30 heavy (non-hydrogen) atoms. The molecule has 2 atom stereocenters. The number of ketones is 1. The molecule has 2 heterocycles. The molecule has 0 bridgehead atoms. The van der Waals surface area contributed by atoms with Crippen molar-refractivity contribution in [2.24, 2.45) is 10.7 Å². The highest BCUT2D eigenvalue weighted by atomic mass is 79.9. The van der Waals surface area contributed by atoms with E-state index in [2.05, 4.69) is 25.9 Å². The third-order valence-corrected chi connectivity index (χ3v) is 5.43. The van der Waals surface area contributed by atoms with E-state index in [-0.39, 0.29) is 31.2 Å². The minimum atomic E-state index is -4.67. The summed E-state index contributed by atoms with van der Waals surface area (Å²) in [4.78, 5) is 20.7. The van der Waals surface area contributed by atoms with Gasteiger partial charge in [-0.2, -0.15) is 13.2 Å². The lowest BCUT2D eigenvalue weighted by molar-refractivity contribution is -0.249. The van der Waals surface area contributed by atoms with E-state index in [4.69, 9.17) is 10.5 Å². The van der Waals surface area contributed by atoms with Crippen molar-refractivity contribution in [3.63, 3.8) is 0 Å². The van der Waals surface area contributed by atoms with Crippen LogP contribution in [0.4, 0.5) is 13.2 Å². The Morgan fingerprint density at radius 3 is 2.53 bits per heavy atom. The number of Topliss-reactive ketones (excluding diaryl/α,β-unsaturated/α-hetero) is 1. The summed E-state index contributed by atoms with van der Waals surface area (Å²) in [5.41, 5.74) is 3.58. The zero-order chi connectivity index (χ0) is 21.4. The molecule has 0 unspecified atom stereocenters. The summed E-state index contributed by atoms with van der Waals surface area (Å²) in [6.07, 6.45) is -3.04. The molecule has 2 N–H and O–H groups in total. The van der Waals surface area contributed by atoms with Crippen LogP contribution in [0.2, 0.25) is 0 Å². The number of carbonyl (C=O) groups excluding carboxylic acids is 1. The molecule has 2 aromatic rings. The first kappa shape index (κ1) is 24.3. The molecular formula is C20H20BrClF3N3O2. The average molecular weight is 507 g/mol. The summed E-state index contributed by atoms with van der Waals surface area (Å²) in [5, 5.41) is 0. The first-order chi connectivity index (χ1) is 13.4. The van der Waals surface area contributed by atoms with E-state index in [1.807, 2.05) is 0 Å². The number of rotatable bonds is 4. The Hall–Kier alpha value is -1.97. The van der Waals surface area contributed by atoms with Crippen LogP contribution < -0.4 is 5.73 Å². The summed E-state index contributed by atoms with van der Waals surface area (Å²) in [7, 11) is 0. The number of hydrogen-bond donors (Lipinski definition) is 1. The molecule has 0 fully saturated rings. The maximum Gasteiger partial charge on any atom is 0.424 e. The third-order valence-electron chi connectivity index (χ3n) is 4.97. The molecule has 1 aromatic heterocycles. The fourth-order valence-electron chi connectivity index (χ4n) is 2.97. The summed E-state index contributed by atoms with van der Waals surface area (Å²) in [6, 6.07) is 10.3. The van der Waals surface area contributed by atoms with E-state index >= 15 is 0 Å². The molecule has 162 valence electrons. The van der Waals surface area contributed by atoms with E-state index in [1.54, 1.807) is 49.5 Å². The summed E-state index contributed by atoms with van der Waals surface area (Å²) < 4.78 is 45.8. The predicted molar refractivity (Wildman–Crippen MR) is 113 cm³/mol. The number of carbonyl (C=O) groups is 1. The van der Waals surface area contributed by atoms with Crippen LogP contribution in [-0.2, 0) is 16.7 Å². The maximum atomic E-state index is 13.3. The minimum absolute atomic E-state index is 0. The zero-order valence-corrected chi connectivity index (χ0v) is 18.6. The van der Waals surface area contributed by atoms with E-state index in [1.165, 1.54) is 0 Å². The van der Waals surface area contributed by atoms with Gasteiger partial charge in [0.25, 0.3) is 0 Å². The molecule has 3 rings (SSSR count). The number of halogens is 5. The SMILES string of the molecule is C[C@@]1(c2cccc(CC(=O)c3ccc(Br)cn3)c2)CO[C@@](C)(C(F)(F)F)C(N)=N1.Cl. The topological polar surface area (TPSA) is 77.6 Å². The van der Waals surface area contributed by atoms with E-state index in [9.17, 15) is 18.0 Å². The number of aromatic nitrogens is 1. The number of benzene rings is 1. The van der Waals surface area contributed by atoms with Gasteiger partial charge in [0.15, 0.2) is 5.78 Å². The second-order valence-electron chi connectivity index (χ2n) is 7.25. The zero-order valence-electron chi connectivity index (χ0n) is 16.2. The smallest absolute Gasteiger partial charge is 0.385 e. The fraction of sp³-hybridized carbons (Fsp3) is 0.350. The van der Waals surface area contributed by atoms with Gasteiger partial charge in [-0.05, 0) is 53.0 Å². The predicted octanol–water partition coefficient (Wildman–Crippen LogP) is 4.61. The quantitative estimate of drug-likeness (QED) is 0.614. The van der Waals surface area contributed by atoms with Crippen LogP contribution in [-0.4, -0.2) is 35.0 Å². The second-order valence-corrected chi connectivity index (χ2v) is 8.17. The Morgan fingerprint density at radius 1 is 1.27 bits per heavy atom. The Morgan fingerprint density at radius 2 is 1.97 bits per heavy atom. The van der Waals surface area contributed by atoms with Gasteiger partial charge in [-0.15, -0.1) is 12.4 Å². The van der Waals surface area contributed by atoms with Crippen molar-refractivity contribution in [3.05, 3.63) is 63.9 Å². The number of pyridine rings is 1. The van der Waals surface area contributed by atoms with Crippen molar-refractivity contribution < 1.29 is 22.7 Å². The number of nitrogens with zero attached hydrogens (tertiary/aromatic N) is 2. The van der Waals surface area contributed by atoms with E-state index in [0.717, 1.165) is 11.4 Å². The summed E-state index contributed by atoms with van der Waals surface area (Å²) in [6.45, 7) is 2.22. The van der Waals surface area contributed by atoms with Gasteiger partial charge in [-0.25, -0.2) is 0 Å². The molecule has 1 aromatic carbocycles. The lowest BCUT2D eigenvalue weighted by Crippen LogP contribution is -2.60. The minimum Gasteiger partial charge on any atom is -0.385 e. The highest BCUT2D eigenvalue weighted by Crippen LogP contribution is 2.40. The molecule has 1 aliphatic heterocycles. The monoisotopic (exact) mass is 505 g/mol. The number of nitrogens with two attached hydrogens (primary N) is 1. The van der Waals surface area contributed by atoms with Crippen molar-refractivity contribution in [2.75, 3.05) is 6.61 Å². The standard InChI is InChI=1S/C20H19BrF3N3O2.ClH/c1-18(11-29-19(2,17(25)27-18)20(22,23)24)13-5-3-4-12(8-13)9-16(28)15-7-6-14(21)10-26-15;/h3-8,10H,9,11H2,1-2H3,(H2,25,27);1H/t18-,19+;/m0./s1. The molecule has 1 aliphatic rings. The fourth-order valence-corrected chi connectivity index (χ4v) is 3.21. The number of aliphatic imine (C=N–C) groups is 1. The maximum absolute atomic E-state index is 13.3. The van der Waals surface area contributed by atoms with Gasteiger partial charge >= 0.3 is 6.18 Å². The lowest BCUT2D eigenvalue weighted by atomic mass is 9.88. The van der Waals surface area contributed by atoms with Gasteiger partial charge in [0.2, 0.25) is 5.60 Å².